The number of rotatable bonds is 10. The molecule has 0 spiro atoms. The van der Waals surface area contributed by atoms with Gasteiger partial charge in [-0.1, -0.05) is 20.3 Å². The van der Waals surface area contributed by atoms with Gasteiger partial charge in [-0.15, -0.1) is 0 Å². The van der Waals surface area contributed by atoms with Crippen molar-refractivity contribution in [3.05, 3.63) is 0 Å². The maximum Gasteiger partial charge on any atom is 0.251 e. The monoisotopic (exact) mass is 245 g/mol. The zero-order valence-corrected chi connectivity index (χ0v) is 11.7. The number of hydrogen-bond acceptors (Lipinski definition) is 3. The van der Waals surface area contributed by atoms with Gasteiger partial charge < -0.3 is 14.8 Å². The van der Waals surface area contributed by atoms with Crippen LogP contribution in [-0.4, -0.2) is 38.4 Å². The molecule has 0 saturated carbocycles. The summed E-state index contributed by atoms with van der Waals surface area (Å²) < 4.78 is 10.6. The van der Waals surface area contributed by atoms with Gasteiger partial charge >= 0.3 is 0 Å². The topological polar surface area (TPSA) is 47.6 Å². The molecule has 0 heterocycles. The molecule has 0 aromatic carbocycles. The number of hydrogen-bond donors (Lipinski definition) is 1. The molecule has 17 heavy (non-hydrogen) atoms. The molecule has 0 bridgehead atoms. The Bertz CT molecular complexity index is 203. The standard InChI is InChI=1S/C13H27NO3/c1-5-7-10-17-11-8-9-14-12(15)13(3,6-2)16-4/h5-11H2,1-4H3,(H,14,15). The highest BCUT2D eigenvalue weighted by atomic mass is 16.5. The zero-order chi connectivity index (χ0) is 13.1. The lowest BCUT2D eigenvalue weighted by atomic mass is 10.0. The van der Waals surface area contributed by atoms with E-state index in [-0.39, 0.29) is 5.91 Å². The van der Waals surface area contributed by atoms with Gasteiger partial charge in [-0.05, 0) is 26.2 Å². The Hall–Kier alpha value is -0.610. The molecule has 1 amide bonds. The Balaban J connectivity index is 3.57. The summed E-state index contributed by atoms with van der Waals surface area (Å²) in [5.41, 5.74) is -0.705. The van der Waals surface area contributed by atoms with Gasteiger partial charge in [-0.3, -0.25) is 4.79 Å². The van der Waals surface area contributed by atoms with Crippen LogP contribution < -0.4 is 5.32 Å². The number of nitrogens with one attached hydrogen (secondary N) is 1. The fraction of sp³-hybridized carbons (Fsp3) is 0.923. The summed E-state index contributed by atoms with van der Waals surface area (Å²) in [6, 6.07) is 0. The average molecular weight is 245 g/mol. The van der Waals surface area contributed by atoms with Gasteiger partial charge in [0, 0.05) is 26.9 Å². The minimum absolute atomic E-state index is 0.0453. The Morgan fingerprint density at radius 1 is 1.24 bits per heavy atom. The van der Waals surface area contributed by atoms with Crippen molar-refractivity contribution in [2.45, 2.75) is 52.1 Å². The molecule has 0 saturated heterocycles. The van der Waals surface area contributed by atoms with Crippen molar-refractivity contribution in [2.75, 3.05) is 26.9 Å². The van der Waals surface area contributed by atoms with Crippen molar-refractivity contribution >= 4 is 5.91 Å². The van der Waals surface area contributed by atoms with E-state index in [9.17, 15) is 4.79 Å². The van der Waals surface area contributed by atoms with Crippen LogP contribution in [0.2, 0.25) is 0 Å². The summed E-state index contributed by atoms with van der Waals surface area (Å²) in [6.45, 7) is 8.05. The summed E-state index contributed by atoms with van der Waals surface area (Å²) in [5, 5.41) is 2.87. The van der Waals surface area contributed by atoms with Gasteiger partial charge in [0.2, 0.25) is 0 Å². The van der Waals surface area contributed by atoms with Gasteiger partial charge in [-0.25, -0.2) is 0 Å². The molecule has 1 N–H and O–H groups in total. The normalized spacial score (nSPS) is 14.4. The van der Waals surface area contributed by atoms with Crippen molar-refractivity contribution in [1.82, 2.24) is 5.32 Å². The Kier molecular flexibility index (Phi) is 9.09. The summed E-state index contributed by atoms with van der Waals surface area (Å²) in [4.78, 5) is 11.8. The number of ether oxygens (including phenoxy) is 2. The van der Waals surface area contributed by atoms with Crippen LogP contribution in [0, 0.1) is 0 Å². The molecule has 0 radical (unpaired) electrons. The van der Waals surface area contributed by atoms with Gasteiger partial charge in [0.05, 0.1) is 0 Å². The minimum Gasteiger partial charge on any atom is -0.381 e. The highest BCUT2D eigenvalue weighted by molar-refractivity contribution is 5.84. The van der Waals surface area contributed by atoms with Crippen molar-refractivity contribution in [3.63, 3.8) is 0 Å². The molecule has 0 aromatic rings. The average Bonchev–Trinajstić information content (AvgIpc) is 2.36. The van der Waals surface area contributed by atoms with Gasteiger partial charge in [0.15, 0.2) is 0 Å². The number of amides is 1. The van der Waals surface area contributed by atoms with E-state index in [1.807, 2.05) is 6.92 Å². The Morgan fingerprint density at radius 3 is 2.41 bits per heavy atom. The highest BCUT2D eigenvalue weighted by Crippen LogP contribution is 2.13. The summed E-state index contributed by atoms with van der Waals surface area (Å²) >= 11 is 0. The van der Waals surface area contributed by atoms with Crippen LogP contribution in [0.5, 0.6) is 0 Å². The number of carbonyl (C=O) groups excluding carboxylic acids is 1. The van der Waals surface area contributed by atoms with Crippen LogP contribution >= 0.6 is 0 Å². The molecule has 0 aliphatic heterocycles. The molecule has 4 heteroatoms. The van der Waals surface area contributed by atoms with E-state index in [0.717, 1.165) is 25.9 Å². The Labute approximate surface area is 105 Å². The predicted octanol–water partition coefficient (Wildman–Crippen LogP) is 2.12. The van der Waals surface area contributed by atoms with Gasteiger partial charge in [0.25, 0.3) is 5.91 Å². The van der Waals surface area contributed by atoms with Crippen molar-refractivity contribution < 1.29 is 14.3 Å². The molecule has 4 nitrogen and oxygen atoms in total. The molecular formula is C13H27NO3. The van der Waals surface area contributed by atoms with Crippen LogP contribution in [-0.2, 0) is 14.3 Å². The van der Waals surface area contributed by atoms with E-state index < -0.39 is 5.60 Å². The smallest absolute Gasteiger partial charge is 0.251 e. The predicted molar refractivity (Wildman–Crippen MR) is 69.1 cm³/mol. The number of carbonyl (C=O) groups is 1. The van der Waals surface area contributed by atoms with Crippen LogP contribution in [0.1, 0.15) is 46.5 Å². The molecule has 102 valence electrons. The second kappa shape index (κ2) is 9.42. The lowest BCUT2D eigenvalue weighted by molar-refractivity contribution is -0.141. The molecule has 0 aliphatic rings. The van der Waals surface area contributed by atoms with Crippen molar-refractivity contribution in [3.8, 4) is 0 Å². The van der Waals surface area contributed by atoms with Crippen molar-refractivity contribution in [2.24, 2.45) is 0 Å². The molecular weight excluding hydrogens is 218 g/mol. The molecule has 1 atom stereocenters. The number of unbranched alkanes of at least 4 members (excludes halogenated alkanes) is 1. The molecule has 1 unspecified atom stereocenters. The van der Waals surface area contributed by atoms with Crippen LogP contribution in [0.15, 0.2) is 0 Å². The third-order valence-corrected chi connectivity index (χ3v) is 3.00. The van der Waals surface area contributed by atoms with Crippen LogP contribution in [0.4, 0.5) is 0 Å². The summed E-state index contributed by atoms with van der Waals surface area (Å²) in [7, 11) is 1.57. The first-order chi connectivity index (χ1) is 8.10. The summed E-state index contributed by atoms with van der Waals surface area (Å²) in [6.07, 6.45) is 3.77. The van der Waals surface area contributed by atoms with Crippen LogP contribution in [0.3, 0.4) is 0 Å². The van der Waals surface area contributed by atoms with E-state index in [1.165, 1.54) is 0 Å². The second-order valence-corrected chi connectivity index (χ2v) is 4.36. The van der Waals surface area contributed by atoms with E-state index in [1.54, 1.807) is 14.0 Å². The maximum atomic E-state index is 11.8. The van der Waals surface area contributed by atoms with E-state index in [2.05, 4.69) is 12.2 Å². The third kappa shape index (κ3) is 6.64. The fourth-order valence-corrected chi connectivity index (χ4v) is 1.31. The van der Waals surface area contributed by atoms with Crippen LogP contribution in [0.25, 0.3) is 0 Å². The maximum absolute atomic E-state index is 11.8. The molecule has 0 fully saturated rings. The van der Waals surface area contributed by atoms with Crippen molar-refractivity contribution in [1.29, 1.82) is 0 Å². The first-order valence-corrected chi connectivity index (χ1v) is 6.52. The minimum atomic E-state index is -0.705. The molecule has 0 rings (SSSR count). The number of methoxy groups -OCH3 is 1. The van der Waals surface area contributed by atoms with E-state index in [0.29, 0.717) is 19.6 Å². The lowest BCUT2D eigenvalue weighted by Crippen LogP contribution is -2.45. The largest absolute Gasteiger partial charge is 0.381 e. The second-order valence-electron chi connectivity index (χ2n) is 4.36. The molecule has 0 aromatic heterocycles. The molecule has 0 aliphatic carbocycles. The zero-order valence-electron chi connectivity index (χ0n) is 11.7. The summed E-state index contributed by atoms with van der Waals surface area (Å²) in [5.74, 6) is -0.0453. The quantitative estimate of drug-likeness (QED) is 0.600. The van der Waals surface area contributed by atoms with Gasteiger partial charge in [0.1, 0.15) is 5.60 Å². The fourth-order valence-electron chi connectivity index (χ4n) is 1.31. The lowest BCUT2D eigenvalue weighted by Gasteiger charge is -2.25. The highest BCUT2D eigenvalue weighted by Gasteiger charge is 2.30. The van der Waals surface area contributed by atoms with Gasteiger partial charge in [-0.2, -0.15) is 0 Å². The first-order valence-electron chi connectivity index (χ1n) is 6.52. The van der Waals surface area contributed by atoms with E-state index in [4.69, 9.17) is 9.47 Å². The SMILES string of the molecule is CCCCOCCCNC(=O)C(C)(CC)OC. The Morgan fingerprint density at radius 2 is 1.88 bits per heavy atom. The van der Waals surface area contributed by atoms with E-state index >= 15 is 0 Å². The first kappa shape index (κ1) is 16.4. The third-order valence-electron chi connectivity index (χ3n) is 3.00.